The highest BCUT2D eigenvalue weighted by Crippen LogP contribution is 2.33. The molecule has 0 unspecified atom stereocenters. The van der Waals surface area contributed by atoms with Crippen molar-refractivity contribution in [1.82, 2.24) is 0 Å². The van der Waals surface area contributed by atoms with Gasteiger partial charge in [-0.1, -0.05) is 19.1 Å². The molecule has 0 fully saturated rings. The average molecular weight is 348 g/mol. The van der Waals surface area contributed by atoms with Crippen molar-refractivity contribution < 1.29 is 9.53 Å². The van der Waals surface area contributed by atoms with E-state index in [-0.39, 0.29) is 5.97 Å². The van der Waals surface area contributed by atoms with Gasteiger partial charge in [-0.05, 0) is 55.7 Å². The molecule has 0 radical (unpaired) electrons. The van der Waals surface area contributed by atoms with Crippen molar-refractivity contribution in [3.63, 3.8) is 0 Å². The van der Waals surface area contributed by atoms with Gasteiger partial charge in [0, 0.05) is 10.6 Å². The Morgan fingerprint density at radius 1 is 1.22 bits per heavy atom. The van der Waals surface area contributed by atoms with Crippen LogP contribution < -0.4 is 10.6 Å². The van der Waals surface area contributed by atoms with E-state index in [0.717, 1.165) is 22.5 Å². The van der Waals surface area contributed by atoms with Crippen molar-refractivity contribution in [2.45, 2.75) is 27.2 Å². The van der Waals surface area contributed by atoms with E-state index in [1.54, 1.807) is 0 Å². The number of anilines is 2. The first-order chi connectivity index (χ1) is 11.0. The lowest BCUT2D eigenvalue weighted by atomic mass is 10.1. The molecule has 0 aliphatic carbocycles. The quantitative estimate of drug-likeness (QED) is 0.628. The molecule has 0 saturated heterocycles. The molecule has 0 aliphatic heterocycles. The van der Waals surface area contributed by atoms with Crippen LogP contribution in [0, 0.1) is 13.8 Å². The molecule has 1 aromatic heterocycles. The molecule has 6 heteroatoms. The SMILES string of the molecule is CCc1ccc(NC(=S)Nc2sc(C)c(C)c2C(=O)OC)cc1. The topological polar surface area (TPSA) is 50.4 Å². The maximum absolute atomic E-state index is 12.0. The van der Waals surface area contributed by atoms with Crippen LogP contribution in [0.3, 0.4) is 0 Å². The fourth-order valence-corrected chi connectivity index (χ4v) is 3.49. The Hall–Kier alpha value is -1.92. The van der Waals surface area contributed by atoms with Crippen molar-refractivity contribution in [2.75, 3.05) is 17.7 Å². The molecule has 23 heavy (non-hydrogen) atoms. The van der Waals surface area contributed by atoms with Gasteiger partial charge in [0.2, 0.25) is 0 Å². The van der Waals surface area contributed by atoms with Gasteiger partial charge >= 0.3 is 5.97 Å². The molecular weight excluding hydrogens is 328 g/mol. The number of carbonyl (C=O) groups is 1. The summed E-state index contributed by atoms with van der Waals surface area (Å²) in [5.74, 6) is -0.357. The first-order valence-corrected chi connectivity index (χ1v) is 8.54. The van der Waals surface area contributed by atoms with Crippen LogP contribution >= 0.6 is 23.6 Å². The second-order valence-corrected chi connectivity index (χ2v) is 6.74. The Balaban J connectivity index is 2.13. The largest absolute Gasteiger partial charge is 0.465 e. The number of carbonyl (C=O) groups excluding carboxylic acids is 1. The van der Waals surface area contributed by atoms with Gasteiger partial charge in [-0.15, -0.1) is 11.3 Å². The van der Waals surface area contributed by atoms with Crippen LogP contribution in [0.25, 0.3) is 0 Å². The standard InChI is InChI=1S/C17H20N2O2S2/c1-5-12-6-8-13(9-7-12)18-17(22)19-15-14(16(20)21-4)10(2)11(3)23-15/h6-9H,5H2,1-4H3,(H2,18,19,22). The van der Waals surface area contributed by atoms with Crippen LogP contribution in [0.4, 0.5) is 10.7 Å². The number of thiocarbonyl (C=S) groups is 1. The third-order valence-corrected chi connectivity index (χ3v) is 4.95. The van der Waals surface area contributed by atoms with Crippen LogP contribution in [0.5, 0.6) is 0 Å². The third-order valence-electron chi connectivity index (χ3n) is 3.62. The number of aryl methyl sites for hydroxylation is 2. The van der Waals surface area contributed by atoms with Gasteiger partial charge in [0.1, 0.15) is 5.00 Å². The zero-order valence-corrected chi connectivity index (χ0v) is 15.3. The van der Waals surface area contributed by atoms with Crippen molar-refractivity contribution in [2.24, 2.45) is 0 Å². The van der Waals surface area contributed by atoms with Crippen LogP contribution in [0.1, 0.15) is 33.3 Å². The fraction of sp³-hybridized carbons (Fsp3) is 0.294. The maximum Gasteiger partial charge on any atom is 0.341 e. The van der Waals surface area contributed by atoms with E-state index in [1.807, 2.05) is 26.0 Å². The van der Waals surface area contributed by atoms with Crippen molar-refractivity contribution >= 4 is 45.3 Å². The molecule has 122 valence electrons. The lowest BCUT2D eigenvalue weighted by Crippen LogP contribution is -2.20. The third kappa shape index (κ3) is 4.09. The second-order valence-electron chi connectivity index (χ2n) is 5.11. The van der Waals surface area contributed by atoms with Gasteiger partial charge in [-0.2, -0.15) is 0 Å². The number of methoxy groups -OCH3 is 1. The van der Waals surface area contributed by atoms with E-state index in [9.17, 15) is 4.79 Å². The Bertz CT molecular complexity index is 721. The molecule has 0 saturated carbocycles. The van der Waals surface area contributed by atoms with Crippen LogP contribution in [-0.2, 0) is 11.2 Å². The van der Waals surface area contributed by atoms with E-state index in [4.69, 9.17) is 17.0 Å². The summed E-state index contributed by atoms with van der Waals surface area (Å²) < 4.78 is 4.86. The number of hydrogen-bond donors (Lipinski definition) is 2. The fourth-order valence-electron chi connectivity index (χ4n) is 2.15. The molecule has 1 aromatic carbocycles. The van der Waals surface area contributed by atoms with Gasteiger partial charge in [-0.3, -0.25) is 0 Å². The predicted molar refractivity (Wildman–Crippen MR) is 101 cm³/mol. The van der Waals surface area contributed by atoms with Crippen LogP contribution in [0.2, 0.25) is 0 Å². The van der Waals surface area contributed by atoms with Gasteiger partial charge in [0.15, 0.2) is 5.11 Å². The van der Waals surface area contributed by atoms with Gasteiger partial charge in [0.05, 0.1) is 12.7 Å². The molecular formula is C17H20N2O2S2. The first kappa shape index (κ1) is 17.4. The number of thiophene rings is 1. The molecule has 0 amide bonds. The minimum atomic E-state index is -0.357. The predicted octanol–water partition coefficient (Wildman–Crippen LogP) is 4.52. The summed E-state index contributed by atoms with van der Waals surface area (Å²) >= 11 is 6.84. The smallest absolute Gasteiger partial charge is 0.341 e. The highest BCUT2D eigenvalue weighted by atomic mass is 32.1. The number of hydrogen-bond acceptors (Lipinski definition) is 4. The van der Waals surface area contributed by atoms with Crippen molar-refractivity contribution in [1.29, 1.82) is 0 Å². The van der Waals surface area contributed by atoms with E-state index >= 15 is 0 Å². The Morgan fingerprint density at radius 2 is 1.87 bits per heavy atom. The summed E-state index contributed by atoms with van der Waals surface area (Å²) in [6.07, 6.45) is 0.999. The van der Waals surface area contributed by atoms with E-state index in [1.165, 1.54) is 24.0 Å². The second kappa shape index (κ2) is 7.57. The Kier molecular flexibility index (Phi) is 5.74. The molecule has 4 nitrogen and oxygen atoms in total. The average Bonchev–Trinajstić information content (AvgIpc) is 2.81. The lowest BCUT2D eigenvalue weighted by Gasteiger charge is -2.11. The summed E-state index contributed by atoms with van der Waals surface area (Å²) in [7, 11) is 1.38. The minimum absolute atomic E-state index is 0.357. The highest BCUT2D eigenvalue weighted by Gasteiger charge is 2.20. The van der Waals surface area contributed by atoms with E-state index in [0.29, 0.717) is 15.7 Å². The summed E-state index contributed by atoms with van der Waals surface area (Å²) in [5.41, 5.74) is 3.64. The summed E-state index contributed by atoms with van der Waals surface area (Å²) in [6.45, 7) is 5.99. The summed E-state index contributed by atoms with van der Waals surface area (Å²) in [5, 5.41) is 7.38. The lowest BCUT2D eigenvalue weighted by molar-refractivity contribution is 0.0601. The number of nitrogens with one attached hydrogen (secondary N) is 2. The molecule has 1 heterocycles. The monoisotopic (exact) mass is 348 g/mol. The van der Waals surface area contributed by atoms with E-state index < -0.39 is 0 Å². The van der Waals surface area contributed by atoms with Crippen LogP contribution in [0.15, 0.2) is 24.3 Å². The number of benzene rings is 1. The first-order valence-electron chi connectivity index (χ1n) is 7.31. The van der Waals surface area contributed by atoms with Crippen molar-refractivity contribution in [3.8, 4) is 0 Å². The molecule has 0 spiro atoms. The highest BCUT2D eigenvalue weighted by molar-refractivity contribution is 7.80. The van der Waals surface area contributed by atoms with Crippen LogP contribution in [-0.4, -0.2) is 18.2 Å². The zero-order valence-electron chi connectivity index (χ0n) is 13.6. The molecule has 0 bridgehead atoms. The molecule has 2 rings (SSSR count). The summed E-state index contributed by atoms with van der Waals surface area (Å²) in [6, 6.07) is 8.09. The van der Waals surface area contributed by atoms with Gasteiger partial charge in [0.25, 0.3) is 0 Å². The number of esters is 1. The zero-order chi connectivity index (χ0) is 17.0. The van der Waals surface area contributed by atoms with E-state index in [2.05, 4.69) is 29.7 Å². The Labute approximate surface area is 145 Å². The summed E-state index contributed by atoms with van der Waals surface area (Å²) in [4.78, 5) is 13.0. The molecule has 0 atom stereocenters. The normalized spacial score (nSPS) is 10.3. The van der Waals surface area contributed by atoms with Gasteiger partial charge < -0.3 is 15.4 Å². The number of rotatable bonds is 4. The molecule has 2 aromatic rings. The number of ether oxygens (including phenoxy) is 1. The van der Waals surface area contributed by atoms with Gasteiger partial charge in [-0.25, -0.2) is 4.79 Å². The maximum atomic E-state index is 12.0. The molecule has 2 N–H and O–H groups in total. The van der Waals surface area contributed by atoms with Crippen molar-refractivity contribution in [3.05, 3.63) is 45.8 Å². The Morgan fingerprint density at radius 3 is 2.43 bits per heavy atom. The minimum Gasteiger partial charge on any atom is -0.465 e. The molecule has 0 aliphatic rings.